The molecule has 0 radical (unpaired) electrons. The summed E-state index contributed by atoms with van der Waals surface area (Å²) in [5.74, 6) is -0.506. The van der Waals surface area contributed by atoms with Crippen LogP contribution in [0.4, 0.5) is 0 Å². The van der Waals surface area contributed by atoms with Gasteiger partial charge < -0.3 is 19.4 Å². The largest absolute Gasteiger partial charge is 0.472 e. The monoisotopic (exact) mass is 1230 g/mol. The summed E-state index contributed by atoms with van der Waals surface area (Å²) in [4.78, 5) is 37.9. The van der Waals surface area contributed by atoms with E-state index in [2.05, 4.69) is 86.8 Å². The van der Waals surface area contributed by atoms with E-state index < -0.39 is 20.0 Å². The van der Waals surface area contributed by atoms with E-state index >= 15 is 0 Å². The third-order valence-electron chi connectivity index (χ3n) is 16.4. The lowest BCUT2D eigenvalue weighted by Gasteiger charge is -2.27. The molecular formula is C76H142N2O7P+. The average Bonchev–Trinajstić information content (AvgIpc) is 3.69. The number of carbonyl (C=O) groups excluding carboxylic acids is 2. The fourth-order valence-electron chi connectivity index (χ4n) is 10.7. The molecule has 0 aromatic carbocycles. The predicted molar refractivity (Wildman–Crippen MR) is 374 cm³/mol. The van der Waals surface area contributed by atoms with Gasteiger partial charge in [-0.15, -0.1) is 0 Å². The molecule has 0 spiro atoms. The Bertz CT molecular complexity index is 1700. The van der Waals surface area contributed by atoms with Crippen LogP contribution in [0, 0.1) is 0 Å². The molecule has 0 saturated heterocycles. The van der Waals surface area contributed by atoms with Gasteiger partial charge in [-0.2, -0.15) is 0 Å². The van der Waals surface area contributed by atoms with Gasteiger partial charge in [0.1, 0.15) is 19.3 Å². The van der Waals surface area contributed by atoms with Crippen LogP contribution < -0.4 is 5.32 Å². The molecule has 0 aromatic heterocycles. The van der Waals surface area contributed by atoms with Crippen molar-refractivity contribution in [3.05, 3.63) is 72.9 Å². The lowest BCUT2D eigenvalue weighted by Crippen LogP contribution is -2.47. The Balaban J connectivity index is 5.05. The third-order valence-corrected chi connectivity index (χ3v) is 17.4. The summed E-state index contributed by atoms with van der Waals surface area (Å²) in [5, 5.41) is 3.07. The van der Waals surface area contributed by atoms with Crippen LogP contribution in [-0.4, -0.2) is 74.3 Å². The van der Waals surface area contributed by atoms with Crippen LogP contribution in [0.25, 0.3) is 0 Å². The first-order valence-corrected chi connectivity index (χ1v) is 38.3. The molecule has 10 heteroatoms. The number of nitrogens with one attached hydrogen (secondary N) is 1. The summed E-state index contributed by atoms with van der Waals surface area (Å²) in [5.41, 5.74) is 0. The van der Waals surface area contributed by atoms with Crippen LogP contribution in [0.2, 0.25) is 0 Å². The number of amides is 1. The van der Waals surface area contributed by atoms with Crippen LogP contribution in [0.15, 0.2) is 72.9 Å². The summed E-state index contributed by atoms with van der Waals surface area (Å²) in [6, 6.07) is -0.856. The first kappa shape index (κ1) is 83.5. The van der Waals surface area contributed by atoms with Crippen LogP contribution in [0.3, 0.4) is 0 Å². The number of phosphoric ester groups is 1. The smallest absolute Gasteiger partial charge is 0.456 e. The lowest BCUT2D eigenvalue weighted by molar-refractivity contribution is -0.870. The minimum absolute atomic E-state index is 0.0374. The number of phosphoric acid groups is 1. The highest BCUT2D eigenvalue weighted by atomic mass is 31.2. The maximum Gasteiger partial charge on any atom is 0.472 e. The molecule has 0 rings (SSSR count). The lowest BCUT2D eigenvalue weighted by atomic mass is 10.0. The molecule has 0 aliphatic carbocycles. The van der Waals surface area contributed by atoms with Gasteiger partial charge in [-0.25, -0.2) is 4.57 Å². The number of nitrogens with zero attached hydrogens (tertiary/aromatic N) is 1. The van der Waals surface area contributed by atoms with E-state index in [4.69, 9.17) is 13.8 Å². The van der Waals surface area contributed by atoms with Crippen molar-refractivity contribution in [2.75, 3.05) is 40.9 Å². The zero-order chi connectivity index (χ0) is 62.8. The maximum absolute atomic E-state index is 13.6. The summed E-state index contributed by atoms with van der Waals surface area (Å²) in [6.07, 6.45) is 86.3. The Kier molecular flexibility index (Phi) is 63.5. The number of unbranched alkanes of at least 4 members (excludes halogenated alkanes) is 41. The first-order chi connectivity index (χ1) is 41.9. The Morgan fingerprint density at radius 2 is 0.709 bits per heavy atom. The number of quaternary nitrogens is 1. The quantitative estimate of drug-likeness (QED) is 0.0205. The number of rotatable bonds is 67. The van der Waals surface area contributed by atoms with Gasteiger partial charge in [0.25, 0.3) is 0 Å². The fraction of sp³-hybridized carbons (Fsp3) is 0.816. The van der Waals surface area contributed by atoms with Gasteiger partial charge in [-0.1, -0.05) is 306 Å². The number of hydrogen-bond acceptors (Lipinski definition) is 6. The van der Waals surface area contributed by atoms with E-state index in [1.807, 2.05) is 33.3 Å². The average molecular weight is 1230 g/mol. The highest BCUT2D eigenvalue weighted by Crippen LogP contribution is 2.43. The highest BCUT2D eigenvalue weighted by molar-refractivity contribution is 7.47. The van der Waals surface area contributed by atoms with Gasteiger partial charge in [-0.3, -0.25) is 18.6 Å². The van der Waals surface area contributed by atoms with Crippen molar-refractivity contribution in [3.8, 4) is 0 Å². The van der Waals surface area contributed by atoms with E-state index in [-0.39, 0.29) is 31.5 Å². The van der Waals surface area contributed by atoms with Crippen LogP contribution >= 0.6 is 7.82 Å². The molecule has 2 N–H and O–H groups in total. The van der Waals surface area contributed by atoms with Crippen molar-refractivity contribution in [1.29, 1.82) is 0 Å². The molecule has 86 heavy (non-hydrogen) atoms. The van der Waals surface area contributed by atoms with E-state index in [1.54, 1.807) is 0 Å². The van der Waals surface area contributed by atoms with Gasteiger partial charge >= 0.3 is 13.8 Å². The first-order valence-electron chi connectivity index (χ1n) is 36.8. The van der Waals surface area contributed by atoms with Crippen LogP contribution in [0.5, 0.6) is 0 Å². The number of ether oxygens (including phenoxy) is 1. The minimum atomic E-state index is -4.46. The Hall–Kier alpha value is -2.55. The molecule has 0 aromatic rings. The summed E-state index contributed by atoms with van der Waals surface area (Å²) >= 11 is 0. The number of likely N-dealkylation sites (N-methyl/N-ethyl adjacent to an activating group) is 1. The zero-order valence-corrected chi connectivity index (χ0v) is 58.5. The van der Waals surface area contributed by atoms with E-state index in [9.17, 15) is 19.0 Å². The fourth-order valence-corrected chi connectivity index (χ4v) is 11.4. The second kappa shape index (κ2) is 65.4. The molecule has 3 atom stereocenters. The molecule has 1 amide bonds. The second-order valence-corrected chi connectivity index (χ2v) is 27.6. The molecule has 0 saturated carbocycles. The predicted octanol–water partition coefficient (Wildman–Crippen LogP) is 23.5. The summed E-state index contributed by atoms with van der Waals surface area (Å²) in [7, 11) is 1.50. The number of hydrogen-bond donors (Lipinski definition) is 2. The van der Waals surface area contributed by atoms with Crippen molar-refractivity contribution in [2.45, 2.75) is 360 Å². The van der Waals surface area contributed by atoms with Crippen molar-refractivity contribution in [2.24, 2.45) is 0 Å². The molecule has 0 aliphatic heterocycles. The molecule has 502 valence electrons. The van der Waals surface area contributed by atoms with Gasteiger partial charge in [0.15, 0.2) is 0 Å². The Labute approximate surface area is 533 Å². The standard InChI is InChI=1S/C76H141N2O7P/c1-7-10-13-16-19-22-25-28-30-32-34-36-38-39-41-42-44-46-48-50-53-56-59-62-65-68-75(79)77-73(72-84-86(81,82)83-71-70-78(4,5)6)74(67-64-61-58-55-52-27-24-21-18-15-12-9-3)85-76(80)69-66-63-60-57-54-51-49-47-45-43-40-37-35-33-31-29-26-23-20-17-14-11-8-2/h20,23,28-31,35,37,43,45,64,67,73-74H,7-19,21-22,24-27,32-34,36,38-42,44,46-63,65-66,68-72H2,1-6H3,(H-,77,79,81,82)/p+1/b23-20-,30-28+,31-29-,37-35-,45-43-,67-64+. The zero-order valence-electron chi connectivity index (χ0n) is 57.6. The molecule has 0 aliphatic rings. The number of allylic oxidation sites excluding steroid dienone is 11. The Morgan fingerprint density at radius 1 is 0.407 bits per heavy atom. The van der Waals surface area contributed by atoms with Gasteiger partial charge in [0.05, 0.1) is 33.8 Å². The maximum atomic E-state index is 13.6. The van der Waals surface area contributed by atoms with E-state index in [0.717, 1.165) is 89.9 Å². The van der Waals surface area contributed by atoms with Crippen molar-refractivity contribution >= 4 is 19.7 Å². The molecule has 0 bridgehead atoms. The molecule has 9 nitrogen and oxygen atoms in total. The Morgan fingerprint density at radius 3 is 1.09 bits per heavy atom. The van der Waals surface area contributed by atoms with E-state index in [1.165, 1.54) is 225 Å². The second-order valence-electron chi connectivity index (χ2n) is 26.1. The number of esters is 1. The molecule has 0 heterocycles. The van der Waals surface area contributed by atoms with Crippen molar-refractivity contribution in [3.63, 3.8) is 0 Å². The SMILES string of the molecule is CCCCC/C=C\C/C=C\C/C=C\C/C=C\CCCCCCCCCC(=O)OC(/C=C/CCCCCCCCCCCC)C(COP(=O)(O)OCC[N+](C)(C)C)NC(=O)CCCCCCCCCCCCCCCCC/C=C/CCCCCCCC. The molecule has 3 unspecified atom stereocenters. The number of carbonyl (C=O) groups is 2. The van der Waals surface area contributed by atoms with E-state index in [0.29, 0.717) is 17.4 Å². The van der Waals surface area contributed by atoms with Crippen LogP contribution in [0.1, 0.15) is 348 Å². The molecule has 0 fully saturated rings. The minimum Gasteiger partial charge on any atom is -0.456 e. The van der Waals surface area contributed by atoms with Crippen LogP contribution in [-0.2, 0) is 27.9 Å². The van der Waals surface area contributed by atoms with Gasteiger partial charge in [0.2, 0.25) is 5.91 Å². The van der Waals surface area contributed by atoms with Crippen molar-refractivity contribution < 1.29 is 37.3 Å². The third kappa shape index (κ3) is 65.9. The van der Waals surface area contributed by atoms with Gasteiger partial charge in [-0.05, 0) is 102 Å². The normalized spacial score (nSPS) is 13.9. The molecular weight excluding hydrogens is 1080 g/mol. The topological polar surface area (TPSA) is 111 Å². The summed E-state index contributed by atoms with van der Waals surface area (Å²) in [6.45, 7) is 7.01. The van der Waals surface area contributed by atoms with Gasteiger partial charge in [0, 0.05) is 12.8 Å². The summed E-state index contributed by atoms with van der Waals surface area (Å²) < 4.78 is 30.9. The van der Waals surface area contributed by atoms with Crippen molar-refractivity contribution in [1.82, 2.24) is 5.32 Å². The highest BCUT2D eigenvalue weighted by Gasteiger charge is 2.30.